The molecule has 1 saturated heterocycles. The van der Waals surface area contributed by atoms with E-state index in [0.29, 0.717) is 19.5 Å². The molecule has 0 aromatic carbocycles. The number of aliphatic hydroxyl groups excluding tert-OH is 1. The van der Waals surface area contributed by atoms with Crippen LogP contribution < -0.4 is 0 Å². The summed E-state index contributed by atoms with van der Waals surface area (Å²) in [6.07, 6.45) is 2.12. The van der Waals surface area contributed by atoms with Crippen molar-refractivity contribution in [2.24, 2.45) is 5.92 Å². The molecular weight excluding hydrogens is 218 g/mol. The Morgan fingerprint density at radius 3 is 3.00 bits per heavy atom. The van der Waals surface area contributed by atoms with Crippen LogP contribution in [0.1, 0.15) is 6.42 Å². The van der Waals surface area contributed by atoms with Crippen LogP contribution >= 0.6 is 0 Å². The maximum atomic E-state index is 11.9. The quantitative estimate of drug-likeness (QED) is 0.728. The predicted molar refractivity (Wildman–Crippen MR) is 52.5 cm³/mol. The first-order chi connectivity index (χ1) is 7.14. The van der Waals surface area contributed by atoms with Crippen molar-refractivity contribution < 1.29 is 13.5 Å². The van der Waals surface area contributed by atoms with E-state index >= 15 is 0 Å². The highest BCUT2D eigenvalue weighted by molar-refractivity contribution is 7.89. The van der Waals surface area contributed by atoms with Gasteiger partial charge in [-0.2, -0.15) is 9.40 Å². The van der Waals surface area contributed by atoms with Crippen molar-refractivity contribution >= 4 is 10.0 Å². The summed E-state index contributed by atoms with van der Waals surface area (Å²) in [5, 5.41) is 15.1. The zero-order valence-electron chi connectivity index (χ0n) is 8.13. The first kappa shape index (κ1) is 10.6. The standard InChI is InChI=1S/C8H13N3O3S/c12-6-7-2-4-11(5-7)15(13,14)8-1-3-9-10-8/h1,3,7,12H,2,4-6H2,(H,9,10). The number of H-pyrrole nitrogens is 1. The Hall–Kier alpha value is -0.920. The van der Waals surface area contributed by atoms with Gasteiger partial charge < -0.3 is 5.11 Å². The van der Waals surface area contributed by atoms with Gasteiger partial charge in [0.15, 0.2) is 5.03 Å². The maximum Gasteiger partial charge on any atom is 0.259 e. The lowest BCUT2D eigenvalue weighted by Crippen LogP contribution is -2.29. The van der Waals surface area contributed by atoms with Gasteiger partial charge in [0.05, 0.1) is 6.20 Å². The minimum absolute atomic E-state index is 0.0367. The van der Waals surface area contributed by atoms with Gasteiger partial charge in [-0.25, -0.2) is 8.42 Å². The molecule has 0 bridgehead atoms. The number of hydrogen-bond donors (Lipinski definition) is 2. The molecule has 84 valence electrons. The summed E-state index contributed by atoms with van der Waals surface area (Å²) in [5.74, 6) is 0.0581. The average Bonchev–Trinajstić information content (AvgIpc) is 2.89. The molecule has 15 heavy (non-hydrogen) atoms. The lowest BCUT2D eigenvalue weighted by Gasteiger charge is -2.14. The smallest absolute Gasteiger partial charge is 0.259 e. The Morgan fingerprint density at radius 1 is 1.67 bits per heavy atom. The predicted octanol–water partition coefficient (Wildman–Crippen LogP) is -0.587. The molecule has 6 nitrogen and oxygen atoms in total. The minimum atomic E-state index is -3.43. The Morgan fingerprint density at radius 2 is 2.47 bits per heavy atom. The Balaban J connectivity index is 2.18. The molecule has 0 spiro atoms. The number of hydrogen-bond acceptors (Lipinski definition) is 4. The Bertz CT molecular complexity index is 414. The number of sulfonamides is 1. The largest absolute Gasteiger partial charge is 0.396 e. The summed E-state index contributed by atoms with van der Waals surface area (Å²) in [7, 11) is -3.43. The summed E-state index contributed by atoms with van der Waals surface area (Å²) in [4.78, 5) is 0. The molecule has 2 N–H and O–H groups in total. The lowest BCUT2D eigenvalue weighted by molar-refractivity contribution is 0.233. The second-order valence-corrected chi connectivity index (χ2v) is 5.53. The Kier molecular flexibility index (Phi) is 2.76. The first-order valence-corrected chi connectivity index (χ1v) is 6.19. The number of aliphatic hydroxyl groups is 1. The van der Waals surface area contributed by atoms with Crippen molar-refractivity contribution in [3.63, 3.8) is 0 Å². The average molecular weight is 231 g/mol. The summed E-state index contributed by atoms with van der Waals surface area (Å²) >= 11 is 0. The molecule has 1 aromatic rings. The SMILES string of the molecule is O=S(=O)(c1ccn[nH]1)N1CCC(CO)C1. The van der Waals surface area contributed by atoms with E-state index in [0.717, 1.165) is 0 Å². The van der Waals surface area contributed by atoms with E-state index in [1.54, 1.807) is 0 Å². The van der Waals surface area contributed by atoms with Crippen molar-refractivity contribution in [1.82, 2.24) is 14.5 Å². The van der Waals surface area contributed by atoms with Crippen molar-refractivity contribution in [3.05, 3.63) is 12.3 Å². The molecule has 2 rings (SSSR count). The van der Waals surface area contributed by atoms with Crippen molar-refractivity contribution in [2.45, 2.75) is 11.4 Å². The van der Waals surface area contributed by atoms with E-state index < -0.39 is 10.0 Å². The number of nitrogens with one attached hydrogen (secondary N) is 1. The second-order valence-electron chi connectivity index (χ2n) is 3.62. The summed E-state index contributed by atoms with van der Waals surface area (Å²) in [5.41, 5.74) is 0. The van der Waals surface area contributed by atoms with E-state index in [1.807, 2.05) is 0 Å². The van der Waals surface area contributed by atoms with Crippen molar-refractivity contribution in [1.29, 1.82) is 0 Å². The van der Waals surface area contributed by atoms with E-state index in [9.17, 15) is 8.42 Å². The fraction of sp³-hybridized carbons (Fsp3) is 0.625. The lowest BCUT2D eigenvalue weighted by atomic mass is 10.1. The fourth-order valence-electron chi connectivity index (χ4n) is 1.69. The van der Waals surface area contributed by atoms with Gasteiger partial charge in [0.25, 0.3) is 10.0 Å². The van der Waals surface area contributed by atoms with Gasteiger partial charge in [0.1, 0.15) is 0 Å². The van der Waals surface area contributed by atoms with Gasteiger partial charge in [-0.3, -0.25) is 5.10 Å². The van der Waals surface area contributed by atoms with E-state index in [1.165, 1.54) is 16.6 Å². The zero-order chi connectivity index (χ0) is 10.9. The number of aromatic amines is 1. The van der Waals surface area contributed by atoms with Gasteiger partial charge in [0, 0.05) is 19.7 Å². The molecule has 1 unspecified atom stereocenters. The van der Waals surface area contributed by atoms with Crippen LogP contribution in [-0.2, 0) is 10.0 Å². The Labute approximate surface area is 88.0 Å². The van der Waals surface area contributed by atoms with Crippen LogP contribution in [0.15, 0.2) is 17.3 Å². The highest BCUT2D eigenvalue weighted by Gasteiger charge is 2.32. The molecule has 2 heterocycles. The van der Waals surface area contributed by atoms with Gasteiger partial charge in [-0.05, 0) is 18.4 Å². The van der Waals surface area contributed by atoms with E-state index in [4.69, 9.17) is 5.11 Å². The normalized spacial score (nSPS) is 23.4. The highest BCUT2D eigenvalue weighted by Crippen LogP contribution is 2.22. The van der Waals surface area contributed by atoms with Crippen molar-refractivity contribution in [2.75, 3.05) is 19.7 Å². The molecule has 1 aromatic heterocycles. The number of nitrogens with zero attached hydrogens (tertiary/aromatic N) is 2. The molecular formula is C8H13N3O3S. The molecule has 0 amide bonds. The van der Waals surface area contributed by atoms with Crippen LogP contribution in [0.4, 0.5) is 0 Å². The van der Waals surface area contributed by atoms with Gasteiger partial charge in [-0.1, -0.05) is 0 Å². The molecule has 1 fully saturated rings. The molecule has 0 aliphatic carbocycles. The first-order valence-electron chi connectivity index (χ1n) is 4.75. The number of aromatic nitrogens is 2. The monoisotopic (exact) mass is 231 g/mol. The highest BCUT2D eigenvalue weighted by atomic mass is 32.2. The second kappa shape index (κ2) is 3.92. The van der Waals surface area contributed by atoms with Gasteiger partial charge in [-0.15, -0.1) is 0 Å². The van der Waals surface area contributed by atoms with E-state index in [2.05, 4.69) is 10.2 Å². The topological polar surface area (TPSA) is 86.3 Å². The zero-order valence-corrected chi connectivity index (χ0v) is 8.94. The summed E-state index contributed by atoms with van der Waals surface area (Å²) in [6, 6.07) is 1.43. The molecule has 7 heteroatoms. The molecule has 0 saturated carbocycles. The van der Waals surface area contributed by atoms with Crippen LogP contribution in [-0.4, -0.2) is 47.7 Å². The molecule has 1 atom stereocenters. The minimum Gasteiger partial charge on any atom is -0.396 e. The van der Waals surface area contributed by atoms with Gasteiger partial charge >= 0.3 is 0 Å². The molecule has 1 aliphatic rings. The third-order valence-electron chi connectivity index (χ3n) is 2.60. The summed E-state index contributed by atoms with van der Waals surface area (Å²) < 4.78 is 25.2. The molecule has 0 radical (unpaired) electrons. The van der Waals surface area contributed by atoms with Crippen LogP contribution in [0.2, 0.25) is 0 Å². The van der Waals surface area contributed by atoms with Gasteiger partial charge in [0.2, 0.25) is 0 Å². The molecule has 1 aliphatic heterocycles. The third kappa shape index (κ3) is 1.90. The van der Waals surface area contributed by atoms with Crippen LogP contribution in [0.5, 0.6) is 0 Å². The third-order valence-corrected chi connectivity index (χ3v) is 4.39. The summed E-state index contributed by atoms with van der Waals surface area (Å²) in [6.45, 7) is 0.888. The maximum absolute atomic E-state index is 11.9. The number of rotatable bonds is 3. The van der Waals surface area contributed by atoms with Crippen LogP contribution in [0, 0.1) is 5.92 Å². The van der Waals surface area contributed by atoms with Crippen molar-refractivity contribution in [3.8, 4) is 0 Å². The van der Waals surface area contributed by atoms with E-state index in [-0.39, 0.29) is 17.6 Å². The van der Waals surface area contributed by atoms with Crippen LogP contribution in [0.3, 0.4) is 0 Å². The fourth-order valence-corrected chi connectivity index (χ4v) is 3.12. The van der Waals surface area contributed by atoms with Crippen LogP contribution in [0.25, 0.3) is 0 Å².